The van der Waals surface area contributed by atoms with Crippen LogP contribution in [-0.2, 0) is 0 Å². The fraction of sp³-hybridized carbons (Fsp3) is 0.167. The predicted molar refractivity (Wildman–Crippen MR) is 110 cm³/mol. The van der Waals surface area contributed by atoms with E-state index in [1.165, 1.54) is 0 Å². The van der Waals surface area contributed by atoms with E-state index in [0.717, 1.165) is 44.8 Å². The molecule has 2 heteroatoms. The first kappa shape index (κ1) is 18.6. The molecule has 0 heterocycles. The summed E-state index contributed by atoms with van der Waals surface area (Å²) in [5.74, 6) is 22.6. The minimum absolute atomic E-state index is 0.743. The van der Waals surface area contributed by atoms with Crippen LogP contribution in [0.5, 0.6) is 0 Å². The van der Waals surface area contributed by atoms with Gasteiger partial charge in [-0.3, -0.25) is 0 Å². The Balaban J connectivity index is 2.12. The highest BCUT2D eigenvalue weighted by atomic mass is 14.5. The lowest BCUT2D eigenvalue weighted by atomic mass is 10.0. The quantitative estimate of drug-likeness (QED) is 0.571. The topological polar surface area (TPSA) is 52.0 Å². The molecular formula is C24H20N2. The van der Waals surface area contributed by atoms with Crippen molar-refractivity contribution in [2.75, 3.05) is 11.5 Å². The first-order chi connectivity index (χ1) is 12.4. The molecule has 2 aromatic carbocycles. The average molecular weight is 336 g/mol. The SMILES string of the molecule is Cc1cc(N)cc(C)c1C#CC#CC#CC#Cc1c(C)cc(N)cc1C. The molecule has 0 unspecified atom stereocenters. The molecule has 0 fully saturated rings. The van der Waals surface area contributed by atoms with Crippen LogP contribution < -0.4 is 11.5 Å². The van der Waals surface area contributed by atoms with Crippen LogP contribution in [0.2, 0.25) is 0 Å². The zero-order valence-electron chi connectivity index (χ0n) is 15.5. The molecule has 0 bridgehead atoms. The molecular weight excluding hydrogens is 316 g/mol. The minimum Gasteiger partial charge on any atom is -0.399 e. The number of rotatable bonds is 0. The van der Waals surface area contributed by atoms with Gasteiger partial charge in [0.2, 0.25) is 0 Å². The highest BCUT2D eigenvalue weighted by molar-refractivity contribution is 5.57. The molecule has 0 radical (unpaired) electrons. The minimum atomic E-state index is 0.743. The van der Waals surface area contributed by atoms with Crippen LogP contribution in [0.25, 0.3) is 0 Å². The molecule has 0 aromatic heterocycles. The Kier molecular flexibility index (Phi) is 6.01. The number of nitrogen functional groups attached to an aromatic ring is 2. The fourth-order valence-corrected chi connectivity index (χ4v) is 2.70. The van der Waals surface area contributed by atoms with E-state index < -0.39 is 0 Å². The second-order valence-corrected chi connectivity index (χ2v) is 6.06. The van der Waals surface area contributed by atoms with E-state index in [1.54, 1.807) is 0 Å². The summed E-state index contributed by atoms with van der Waals surface area (Å²) >= 11 is 0. The summed E-state index contributed by atoms with van der Waals surface area (Å²) in [6.45, 7) is 7.93. The number of anilines is 2. The van der Waals surface area contributed by atoms with Crippen molar-refractivity contribution in [1.82, 2.24) is 0 Å². The van der Waals surface area contributed by atoms with Crippen molar-refractivity contribution in [1.29, 1.82) is 0 Å². The van der Waals surface area contributed by atoms with Crippen LogP contribution in [0.3, 0.4) is 0 Å². The Morgan fingerprint density at radius 3 is 1.08 bits per heavy atom. The third-order valence-corrected chi connectivity index (χ3v) is 3.80. The zero-order valence-corrected chi connectivity index (χ0v) is 15.5. The first-order valence-electron chi connectivity index (χ1n) is 8.14. The molecule has 0 saturated carbocycles. The van der Waals surface area contributed by atoms with Gasteiger partial charge in [-0.05, 0) is 110 Å². The molecule has 2 rings (SSSR count). The van der Waals surface area contributed by atoms with Crippen molar-refractivity contribution in [3.05, 3.63) is 57.6 Å². The molecule has 0 saturated heterocycles. The Bertz CT molecular complexity index is 968. The van der Waals surface area contributed by atoms with Gasteiger partial charge in [-0.15, -0.1) is 0 Å². The summed E-state index contributed by atoms with van der Waals surface area (Å²) in [6, 6.07) is 7.62. The zero-order chi connectivity index (χ0) is 19.1. The summed E-state index contributed by atoms with van der Waals surface area (Å²) < 4.78 is 0. The van der Waals surface area contributed by atoms with Crippen molar-refractivity contribution in [3.8, 4) is 47.4 Å². The van der Waals surface area contributed by atoms with E-state index in [9.17, 15) is 0 Å². The lowest BCUT2D eigenvalue weighted by Gasteiger charge is -2.04. The van der Waals surface area contributed by atoms with Gasteiger partial charge in [-0.2, -0.15) is 0 Å². The van der Waals surface area contributed by atoms with Crippen LogP contribution in [0.15, 0.2) is 24.3 Å². The largest absolute Gasteiger partial charge is 0.399 e. The molecule has 26 heavy (non-hydrogen) atoms. The maximum absolute atomic E-state index is 5.81. The van der Waals surface area contributed by atoms with Crippen molar-refractivity contribution >= 4 is 11.4 Å². The van der Waals surface area contributed by atoms with Crippen molar-refractivity contribution < 1.29 is 0 Å². The lowest BCUT2D eigenvalue weighted by molar-refractivity contribution is 1.35. The Morgan fingerprint density at radius 2 is 0.769 bits per heavy atom. The molecule has 2 nitrogen and oxygen atoms in total. The van der Waals surface area contributed by atoms with E-state index in [-0.39, 0.29) is 0 Å². The molecule has 0 amide bonds. The molecule has 0 aliphatic rings. The van der Waals surface area contributed by atoms with Gasteiger partial charge in [0.25, 0.3) is 0 Å². The van der Waals surface area contributed by atoms with Crippen molar-refractivity contribution in [2.45, 2.75) is 27.7 Å². The van der Waals surface area contributed by atoms with Crippen LogP contribution in [-0.4, -0.2) is 0 Å². The van der Waals surface area contributed by atoms with E-state index >= 15 is 0 Å². The van der Waals surface area contributed by atoms with E-state index in [4.69, 9.17) is 11.5 Å². The first-order valence-corrected chi connectivity index (χ1v) is 8.14. The number of hydrogen-bond acceptors (Lipinski definition) is 2. The van der Waals surface area contributed by atoms with Crippen LogP contribution >= 0.6 is 0 Å². The Morgan fingerprint density at radius 1 is 0.500 bits per heavy atom. The highest BCUT2D eigenvalue weighted by Crippen LogP contribution is 2.17. The molecule has 0 atom stereocenters. The summed E-state index contributed by atoms with van der Waals surface area (Å²) in [5, 5.41) is 0. The van der Waals surface area contributed by atoms with Gasteiger partial charge in [0.15, 0.2) is 0 Å². The van der Waals surface area contributed by atoms with E-state index in [1.807, 2.05) is 52.0 Å². The van der Waals surface area contributed by atoms with Gasteiger partial charge < -0.3 is 11.5 Å². The molecule has 0 aliphatic heterocycles. The number of hydrogen-bond donors (Lipinski definition) is 2. The smallest absolute Gasteiger partial charge is 0.0320 e. The Labute approximate surface area is 156 Å². The lowest BCUT2D eigenvalue weighted by Crippen LogP contribution is -1.92. The van der Waals surface area contributed by atoms with Crippen LogP contribution in [0.4, 0.5) is 11.4 Å². The molecule has 4 N–H and O–H groups in total. The summed E-state index contributed by atoms with van der Waals surface area (Å²) in [6.07, 6.45) is 0. The second kappa shape index (κ2) is 8.40. The number of aryl methyl sites for hydroxylation is 4. The van der Waals surface area contributed by atoms with Gasteiger partial charge in [0.1, 0.15) is 0 Å². The standard InChI is InChI=1S/C24H20N2/c1-17-13-21(25)14-18(2)23(17)11-9-7-5-6-8-10-12-24-19(3)15-22(26)16-20(24)4/h13-16H,25-26H2,1-4H3. The molecule has 0 aliphatic carbocycles. The highest BCUT2D eigenvalue weighted by Gasteiger charge is 2.01. The Hall–Kier alpha value is -3.72. The van der Waals surface area contributed by atoms with E-state index in [2.05, 4.69) is 47.4 Å². The van der Waals surface area contributed by atoms with E-state index in [0.29, 0.717) is 0 Å². The maximum atomic E-state index is 5.81. The summed E-state index contributed by atoms with van der Waals surface area (Å²) in [4.78, 5) is 0. The van der Waals surface area contributed by atoms with Crippen LogP contribution in [0, 0.1) is 75.1 Å². The van der Waals surface area contributed by atoms with Crippen LogP contribution in [0.1, 0.15) is 33.4 Å². The monoisotopic (exact) mass is 336 g/mol. The molecule has 126 valence electrons. The summed E-state index contributed by atoms with van der Waals surface area (Å²) in [7, 11) is 0. The molecule has 2 aromatic rings. The van der Waals surface area contributed by atoms with Crippen molar-refractivity contribution in [2.24, 2.45) is 0 Å². The van der Waals surface area contributed by atoms with Gasteiger partial charge in [0, 0.05) is 22.5 Å². The van der Waals surface area contributed by atoms with Gasteiger partial charge in [-0.25, -0.2) is 0 Å². The third kappa shape index (κ3) is 4.89. The van der Waals surface area contributed by atoms with Crippen molar-refractivity contribution in [3.63, 3.8) is 0 Å². The fourth-order valence-electron chi connectivity index (χ4n) is 2.70. The number of benzene rings is 2. The summed E-state index contributed by atoms with van der Waals surface area (Å²) in [5.41, 5.74) is 19.2. The predicted octanol–water partition coefficient (Wildman–Crippen LogP) is 3.49. The second-order valence-electron chi connectivity index (χ2n) is 6.06. The molecule has 0 spiro atoms. The number of nitrogens with two attached hydrogens (primary N) is 2. The van der Waals surface area contributed by atoms with Gasteiger partial charge >= 0.3 is 0 Å². The maximum Gasteiger partial charge on any atom is 0.0320 e. The third-order valence-electron chi connectivity index (χ3n) is 3.80. The van der Waals surface area contributed by atoms with Gasteiger partial charge in [-0.1, -0.05) is 11.8 Å². The average Bonchev–Trinajstić information content (AvgIpc) is 2.53. The van der Waals surface area contributed by atoms with Gasteiger partial charge in [0.05, 0.1) is 0 Å². The normalized spacial score (nSPS) is 8.62.